The minimum atomic E-state index is -0.864. The fourth-order valence-corrected chi connectivity index (χ4v) is 5.24. The van der Waals surface area contributed by atoms with Crippen molar-refractivity contribution in [2.45, 2.75) is 44.4 Å². The summed E-state index contributed by atoms with van der Waals surface area (Å²) in [6, 6.07) is 16.4. The molecule has 2 atom stereocenters. The van der Waals surface area contributed by atoms with Crippen LogP contribution in [0.5, 0.6) is 0 Å². The Morgan fingerprint density at radius 1 is 0.912 bits per heavy atom. The van der Waals surface area contributed by atoms with Gasteiger partial charge in [0, 0.05) is 31.3 Å². The monoisotopic (exact) mass is 464 g/mol. The molecule has 7 heteroatoms. The van der Waals surface area contributed by atoms with Gasteiger partial charge in [0.05, 0.1) is 0 Å². The first-order chi connectivity index (χ1) is 16.5. The van der Waals surface area contributed by atoms with Gasteiger partial charge in [-0.1, -0.05) is 61.4 Å². The molecule has 7 nitrogen and oxygen atoms in total. The van der Waals surface area contributed by atoms with Gasteiger partial charge in [0.15, 0.2) is 0 Å². The van der Waals surface area contributed by atoms with Gasteiger partial charge in [0.1, 0.15) is 6.61 Å². The van der Waals surface area contributed by atoms with Crippen LogP contribution in [0.25, 0.3) is 11.1 Å². The lowest BCUT2D eigenvalue weighted by Crippen LogP contribution is -2.42. The second-order valence-corrected chi connectivity index (χ2v) is 9.15. The highest BCUT2D eigenvalue weighted by Gasteiger charge is 2.32. The Bertz CT molecular complexity index is 992. The molecule has 2 aromatic carbocycles. The SMILES string of the molecule is O=C(O)CCCNC(=O)[C@@H]1CCCC[C@@H]1CNC(=O)OCC1c2ccccc2-c2ccccc21. The lowest BCUT2D eigenvalue weighted by molar-refractivity contribution is -0.137. The van der Waals surface area contributed by atoms with Gasteiger partial charge in [-0.15, -0.1) is 0 Å². The second-order valence-electron chi connectivity index (χ2n) is 9.15. The van der Waals surface area contributed by atoms with Gasteiger partial charge < -0.3 is 20.5 Å². The van der Waals surface area contributed by atoms with E-state index in [-0.39, 0.29) is 36.7 Å². The molecule has 0 heterocycles. The molecule has 4 rings (SSSR count). The number of hydrogen-bond acceptors (Lipinski definition) is 4. The molecule has 2 aliphatic carbocycles. The number of rotatable bonds is 9. The number of amides is 2. The summed E-state index contributed by atoms with van der Waals surface area (Å²) < 4.78 is 5.62. The Hall–Kier alpha value is -3.35. The van der Waals surface area contributed by atoms with E-state index in [0.717, 1.165) is 25.7 Å². The largest absolute Gasteiger partial charge is 0.481 e. The summed E-state index contributed by atoms with van der Waals surface area (Å²) in [6.07, 6.45) is 3.65. The Kier molecular flexibility index (Phi) is 7.83. The van der Waals surface area contributed by atoms with Crippen LogP contribution in [0.2, 0.25) is 0 Å². The summed E-state index contributed by atoms with van der Waals surface area (Å²) >= 11 is 0. The minimum absolute atomic E-state index is 0.0113. The molecule has 180 valence electrons. The van der Waals surface area contributed by atoms with Crippen LogP contribution < -0.4 is 10.6 Å². The maximum absolute atomic E-state index is 12.6. The van der Waals surface area contributed by atoms with Crippen LogP contribution >= 0.6 is 0 Å². The van der Waals surface area contributed by atoms with Crippen LogP contribution in [0.1, 0.15) is 55.6 Å². The Balaban J connectivity index is 1.28. The first-order valence-electron chi connectivity index (χ1n) is 12.1. The second kappa shape index (κ2) is 11.2. The third-order valence-corrected chi connectivity index (χ3v) is 6.96. The van der Waals surface area contributed by atoms with Crippen molar-refractivity contribution in [1.82, 2.24) is 10.6 Å². The minimum Gasteiger partial charge on any atom is -0.481 e. The predicted octanol–water partition coefficient (Wildman–Crippen LogP) is 4.31. The quantitative estimate of drug-likeness (QED) is 0.480. The average Bonchev–Trinajstić information content (AvgIpc) is 3.17. The summed E-state index contributed by atoms with van der Waals surface area (Å²) in [5, 5.41) is 14.5. The highest BCUT2D eigenvalue weighted by molar-refractivity contribution is 5.80. The summed E-state index contributed by atoms with van der Waals surface area (Å²) in [5.41, 5.74) is 4.71. The molecule has 3 N–H and O–H groups in total. The molecule has 0 saturated heterocycles. The van der Waals surface area contributed by atoms with E-state index in [1.54, 1.807) is 0 Å². The summed E-state index contributed by atoms with van der Waals surface area (Å²) in [4.78, 5) is 35.8. The van der Waals surface area contributed by atoms with Gasteiger partial charge in [-0.05, 0) is 47.4 Å². The summed E-state index contributed by atoms with van der Waals surface area (Å²) in [7, 11) is 0. The molecule has 34 heavy (non-hydrogen) atoms. The third-order valence-electron chi connectivity index (χ3n) is 6.96. The van der Waals surface area contributed by atoms with Crippen molar-refractivity contribution < 1.29 is 24.2 Å². The first-order valence-corrected chi connectivity index (χ1v) is 12.1. The van der Waals surface area contributed by atoms with Crippen LogP contribution in [0.15, 0.2) is 48.5 Å². The number of carbonyl (C=O) groups excluding carboxylic acids is 2. The van der Waals surface area contributed by atoms with Crippen LogP contribution in [0.4, 0.5) is 4.79 Å². The van der Waals surface area contributed by atoms with Gasteiger partial charge in [-0.25, -0.2) is 4.79 Å². The van der Waals surface area contributed by atoms with Crippen molar-refractivity contribution in [1.29, 1.82) is 0 Å². The van der Waals surface area contributed by atoms with Gasteiger partial charge >= 0.3 is 12.1 Å². The van der Waals surface area contributed by atoms with Gasteiger partial charge in [0.25, 0.3) is 0 Å². The first kappa shape index (κ1) is 23.8. The van der Waals surface area contributed by atoms with Crippen molar-refractivity contribution in [3.63, 3.8) is 0 Å². The van der Waals surface area contributed by atoms with Crippen LogP contribution in [0.3, 0.4) is 0 Å². The number of fused-ring (bicyclic) bond motifs is 3. The predicted molar refractivity (Wildman–Crippen MR) is 128 cm³/mol. The van der Waals surface area contributed by atoms with E-state index >= 15 is 0 Å². The maximum atomic E-state index is 12.6. The molecule has 0 radical (unpaired) electrons. The van der Waals surface area contributed by atoms with Crippen molar-refractivity contribution in [3.05, 3.63) is 59.7 Å². The zero-order valence-electron chi connectivity index (χ0n) is 19.3. The molecule has 2 aliphatic rings. The third kappa shape index (κ3) is 5.58. The topological polar surface area (TPSA) is 105 Å². The standard InChI is InChI=1S/C27H32N2O5/c30-25(31)14-7-15-28-26(32)19-9-2-1-8-18(19)16-29-27(33)34-17-24-22-12-5-3-10-20(22)21-11-4-6-13-23(21)24/h3-6,10-13,18-19,24H,1-2,7-9,14-17H2,(H,28,32)(H,29,33)(H,30,31)/t18-,19-/m1/s1. The number of nitrogens with one attached hydrogen (secondary N) is 2. The fourth-order valence-electron chi connectivity index (χ4n) is 5.24. The Morgan fingerprint density at radius 2 is 1.56 bits per heavy atom. The summed E-state index contributed by atoms with van der Waals surface area (Å²) in [5.74, 6) is -1.03. The highest BCUT2D eigenvalue weighted by atomic mass is 16.5. The Labute approximate surface area is 199 Å². The molecule has 0 unspecified atom stereocenters. The molecule has 0 bridgehead atoms. The molecule has 2 aromatic rings. The number of alkyl carbamates (subject to hydrolysis) is 1. The van der Waals surface area contributed by atoms with E-state index in [1.807, 2.05) is 24.3 Å². The van der Waals surface area contributed by atoms with Crippen LogP contribution in [-0.2, 0) is 14.3 Å². The average molecular weight is 465 g/mol. The Morgan fingerprint density at radius 3 is 2.24 bits per heavy atom. The van der Waals surface area contributed by atoms with E-state index in [2.05, 4.69) is 34.9 Å². The van der Waals surface area contributed by atoms with Crippen molar-refractivity contribution in [2.24, 2.45) is 11.8 Å². The lowest BCUT2D eigenvalue weighted by Gasteiger charge is -2.30. The smallest absolute Gasteiger partial charge is 0.407 e. The van der Waals surface area contributed by atoms with Crippen molar-refractivity contribution >= 4 is 18.0 Å². The van der Waals surface area contributed by atoms with E-state index in [4.69, 9.17) is 9.84 Å². The number of carboxylic acids is 1. The van der Waals surface area contributed by atoms with Gasteiger partial charge in [0.2, 0.25) is 5.91 Å². The number of hydrogen-bond donors (Lipinski definition) is 3. The van der Waals surface area contributed by atoms with Gasteiger partial charge in [-0.2, -0.15) is 0 Å². The van der Waals surface area contributed by atoms with Crippen LogP contribution in [-0.4, -0.2) is 42.8 Å². The zero-order valence-corrected chi connectivity index (χ0v) is 19.3. The number of benzene rings is 2. The molecule has 1 fully saturated rings. The van der Waals surface area contributed by atoms with E-state index < -0.39 is 12.1 Å². The van der Waals surface area contributed by atoms with E-state index in [9.17, 15) is 14.4 Å². The van der Waals surface area contributed by atoms with Gasteiger partial charge in [-0.3, -0.25) is 9.59 Å². The molecule has 2 amide bonds. The van der Waals surface area contributed by atoms with Crippen molar-refractivity contribution in [2.75, 3.05) is 19.7 Å². The molecular formula is C27H32N2O5. The van der Waals surface area contributed by atoms with Crippen LogP contribution in [0, 0.1) is 11.8 Å². The molecule has 0 spiro atoms. The zero-order chi connectivity index (χ0) is 23.9. The fraction of sp³-hybridized carbons (Fsp3) is 0.444. The summed E-state index contributed by atoms with van der Waals surface area (Å²) in [6.45, 7) is 1.01. The number of aliphatic carboxylic acids is 1. The van der Waals surface area contributed by atoms with Crippen molar-refractivity contribution in [3.8, 4) is 11.1 Å². The molecular weight excluding hydrogens is 432 g/mol. The molecule has 1 saturated carbocycles. The number of carbonyl (C=O) groups is 3. The molecule has 0 aliphatic heterocycles. The van der Waals surface area contributed by atoms with E-state index in [0.29, 0.717) is 19.5 Å². The normalized spacial score (nSPS) is 19.1. The molecule has 0 aromatic heterocycles. The maximum Gasteiger partial charge on any atom is 0.407 e. The number of ether oxygens (including phenoxy) is 1. The highest BCUT2D eigenvalue weighted by Crippen LogP contribution is 2.44. The number of carboxylic acid groups (broad SMARTS) is 1. The lowest BCUT2D eigenvalue weighted by atomic mass is 9.78. The van der Waals surface area contributed by atoms with E-state index in [1.165, 1.54) is 22.3 Å².